The van der Waals surface area contributed by atoms with Crippen molar-refractivity contribution in [3.8, 4) is 5.75 Å². The SMILES string of the molecule is CCOC(=O)C1N(c2cc(OC(C)C)c(Cl)cc2F)C(=O)C2CCCCN21. The molecule has 0 saturated carbocycles. The molecule has 3 rings (SSSR count). The average Bonchev–Trinajstić information content (AvgIpc) is 2.90. The number of hydrogen-bond acceptors (Lipinski definition) is 5. The van der Waals surface area contributed by atoms with E-state index in [-0.39, 0.29) is 35.1 Å². The molecule has 0 aliphatic carbocycles. The van der Waals surface area contributed by atoms with Crippen LogP contribution in [0.2, 0.25) is 5.02 Å². The lowest BCUT2D eigenvalue weighted by Gasteiger charge is -2.31. The summed E-state index contributed by atoms with van der Waals surface area (Å²) in [5.74, 6) is -1.28. The van der Waals surface area contributed by atoms with E-state index in [0.717, 1.165) is 18.9 Å². The van der Waals surface area contributed by atoms with E-state index in [1.807, 2.05) is 13.8 Å². The molecular weight excluding hydrogens is 375 g/mol. The number of carbonyl (C=O) groups is 2. The first-order valence-corrected chi connectivity index (χ1v) is 9.64. The molecule has 2 unspecified atom stereocenters. The van der Waals surface area contributed by atoms with Crippen LogP contribution in [-0.4, -0.2) is 48.2 Å². The van der Waals surface area contributed by atoms with Crippen molar-refractivity contribution in [1.82, 2.24) is 4.90 Å². The predicted octanol–water partition coefficient (Wildman–Crippen LogP) is 3.36. The molecule has 0 radical (unpaired) electrons. The Kier molecular flexibility index (Phi) is 5.91. The molecule has 1 amide bonds. The van der Waals surface area contributed by atoms with Gasteiger partial charge in [0.1, 0.15) is 11.6 Å². The molecule has 2 heterocycles. The van der Waals surface area contributed by atoms with Crippen molar-refractivity contribution in [2.45, 2.75) is 58.3 Å². The third-order valence-corrected chi connectivity index (χ3v) is 5.04. The Bertz CT molecular complexity index is 743. The maximum atomic E-state index is 14.8. The summed E-state index contributed by atoms with van der Waals surface area (Å²) in [5.41, 5.74) is -0.0208. The summed E-state index contributed by atoms with van der Waals surface area (Å²) < 4.78 is 25.6. The van der Waals surface area contributed by atoms with Gasteiger partial charge in [-0.3, -0.25) is 14.6 Å². The van der Waals surface area contributed by atoms with Crippen molar-refractivity contribution in [2.75, 3.05) is 18.1 Å². The number of benzene rings is 1. The van der Waals surface area contributed by atoms with Gasteiger partial charge in [0.05, 0.1) is 29.5 Å². The van der Waals surface area contributed by atoms with Crippen molar-refractivity contribution in [3.63, 3.8) is 0 Å². The van der Waals surface area contributed by atoms with Crippen molar-refractivity contribution in [3.05, 3.63) is 23.0 Å². The molecule has 2 aliphatic rings. The quantitative estimate of drug-likeness (QED) is 0.712. The first-order valence-electron chi connectivity index (χ1n) is 9.26. The Morgan fingerprint density at radius 3 is 2.78 bits per heavy atom. The number of piperidine rings is 1. The summed E-state index contributed by atoms with van der Waals surface area (Å²) in [5, 5.41) is 0.113. The van der Waals surface area contributed by atoms with Gasteiger partial charge in [-0.1, -0.05) is 18.0 Å². The van der Waals surface area contributed by atoms with Crippen molar-refractivity contribution < 1.29 is 23.5 Å². The molecule has 8 heteroatoms. The number of amides is 1. The van der Waals surface area contributed by atoms with Gasteiger partial charge in [-0.15, -0.1) is 0 Å². The number of rotatable bonds is 5. The van der Waals surface area contributed by atoms with Gasteiger partial charge in [-0.2, -0.15) is 0 Å². The summed E-state index contributed by atoms with van der Waals surface area (Å²) in [7, 11) is 0. The molecule has 0 aromatic heterocycles. The number of esters is 1. The molecule has 2 atom stereocenters. The van der Waals surface area contributed by atoms with Gasteiger partial charge in [0, 0.05) is 12.6 Å². The minimum atomic E-state index is -0.981. The Morgan fingerprint density at radius 2 is 2.11 bits per heavy atom. The molecule has 6 nitrogen and oxygen atoms in total. The second kappa shape index (κ2) is 8.02. The van der Waals surface area contributed by atoms with Gasteiger partial charge in [-0.05, 0) is 39.7 Å². The van der Waals surface area contributed by atoms with Gasteiger partial charge in [0.15, 0.2) is 6.17 Å². The summed E-state index contributed by atoms with van der Waals surface area (Å²) in [6.45, 7) is 6.11. The van der Waals surface area contributed by atoms with Gasteiger partial charge in [-0.25, -0.2) is 9.18 Å². The number of ether oxygens (including phenoxy) is 2. The maximum Gasteiger partial charge on any atom is 0.344 e. The van der Waals surface area contributed by atoms with E-state index in [2.05, 4.69) is 0 Å². The predicted molar refractivity (Wildman–Crippen MR) is 99.4 cm³/mol. The molecule has 148 valence electrons. The van der Waals surface area contributed by atoms with Crippen LogP contribution in [0.15, 0.2) is 12.1 Å². The molecular formula is C19H24ClFN2O4. The third kappa shape index (κ3) is 3.75. The first-order chi connectivity index (χ1) is 12.8. The zero-order chi connectivity index (χ0) is 19.7. The van der Waals surface area contributed by atoms with Crippen LogP contribution in [0.3, 0.4) is 0 Å². The highest BCUT2D eigenvalue weighted by molar-refractivity contribution is 6.32. The Balaban J connectivity index is 2.06. The largest absolute Gasteiger partial charge is 0.489 e. The van der Waals surface area contributed by atoms with E-state index in [1.54, 1.807) is 11.8 Å². The number of halogens is 2. The number of fused-ring (bicyclic) bond motifs is 1. The Labute approximate surface area is 163 Å². The molecule has 2 saturated heterocycles. The highest BCUT2D eigenvalue weighted by atomic mass is 35.5. The molecule has 2 aliphatic heterocycles. The number of carbonyl (C=O) groups excluding carboxylic acids is 2. The maximum absolute atomic E-state index is 14.8. The highest BCUT2D eigenvalue weighted by Gasteiger charge is 2.52. The lowest BCUT2D eigenvalue weighted by atomic mass is 10.0. The third-order valence-electron chi connectivity index (χ3n) is 4.75. The van der Waals surface area contributed by atoms with Crippen LogP contribution in [0.4, 0.5) is 10.1 Å². The van der Waals surface area contributed by atoms with Crippen LogP contribution in [-0.2, 0) is 14.3 Å². The van der Waals surface area contributed by atoms with E-state index < -0.39 is 24.0 Å². The van der Waals surface area contributed by atoms with E-state index in [1.165, 1.54) is 11.0 Å². The number of hydrogen-bond donors (Lipinski definition) is 0. The smallest absolute Gasteiger partial charge is 0.344 e. The van der Waals surface area contributed by atoms with Crippen molar-refractivity contribution in [2.24, 2.45) is 0 Å². The second-order valence-electron chi connectivity index (χ2n) is 6.98. The second-order valence-corrected chi connectivity index (χ2v) is 7.39. The molecule has 1 aromatic rings. The lowest BCUT2D eigenvalue weighted by Crippen LogP contribution is -2.49. The minimum Gasteiger partial charge on any atom is -0.489 e. The zero-order valence-electron chi connectivity index (χ0n) is 15.7. The fourth-order valence-corrected chi connectivity index (χ4v) is 3.89. The number of nitrogens with zero attached hydrogens (tertiary/aromatic N) is 2. The van der Waals surface area contributed by atoms with Crippen LogP contribution >= 0.6 is 11.6 Å². The zero-order valence-corrected chi connectivity index (χ0v) is 16.5. The molecule has 2 fully saturated rings. The first kappa shape index (κ1) is 19.9. The summed E-state index contributed by atoms with van der Waals surface area (Å²) in [4.78, 5) is 28.7. The summed E-state index contributed by atoms with van der Waals surface area (Å²) in [6.07, 6.45) is 1.24. The van der Waals surface area contributed by atoms with E-state index in [9.17, 15) is 14.0 Å². The molecule has 0 spiro atoms. The van der Waals surface area contributed by atoms with Gasteiger partial charge in [0.25, 0.3) is 0 Å². The topological polar surface area (TPSA) is 59.1 Å². The van der Waals surface area contributed by atoms with E-state index in [4.69, 9.17) is 21.1 Å². The van der Waals surface area contributed by atoms with Gasteiger partial charge >= 0.3 is 5.97 Å². The monoisotopic (exact) mass is 398 g/mol. The van der Waals surface area contributed by atoms with Crippen LogP contribution in [0.5, 0.6) is 5.75 Å². The van der Waals surface area contributed by atoms with E-state index in [0.29, 0.717) is 13.0 Å². The van der Waals surface area contributed by atoms with Crippen molar-refractivity contribution in [1.29, 1.82) is 0 Å². The van der Waals surface area contributed by atoms with Crippen LogP contribution in [0.25, 0.3) is 0 Å². The normalized spacial score (nSPS) is 22.9. The van der Waals surface area contributed by atoms with Gasteiger partial charge in [0.2, 0.25) is 5.91 Å². The van der Waals surface area contributed by atoms with E-state index >= 15 is 0 Å². The number of anilines is 1. The summed E-state index contributed by atoms with van der Waals surface area (Å²) in [6, 6.07) is 2.06. The highest BCUT2D eigenvalue weighted by Crippen LogP contribution is 2.39. The molecule has 1 aromatic carbocycles. The van der Waals surface area contributed by atoms with Crippen LogP contribution in [0, 0.1) is 5.82 Å². The molecule has 0 bridgehead atoms. The Morgan fingerprint density at radius 1 is 1.37 bits per heavy atom. The minimum absolute atomic E-state index is 0.0208. The Hall–Kier alpha value is -1.86. The lowest BCUT2D eigenvalue weighted by molar-refractivity contribution is -0.149. The van der Waals surface area contributed by atoms with Crippen LogP contribution in [0.1, 0.15) is 40.0 Å². The standard InChI is InChI=1S/C19H24ClFN2O4/c1-4-26-19(25)17-22-8-6-5-7-14(22)18(24)23(17)15-10-16(27-11(2)3)12(20)9-13(15)21/h9-11,14,17H,4-8H2,1-3H3. The fraction of sp³-hybridized carbons (Fsp3) is 0.579. The summed E-state index contributed by atoms with van der Waals surface area (Å²) >= 11 is 6.09. The molecule has 27 heavy (non-hydrogen) atoms. The molecule has 0 N–H and O–H groups in total. The fourth-order valence-electron chi connectivity index (χ4n) is 3.70. The van der Waals surface area contributed by atoms with Crippen molar-refractivity contribution >= 4 is 29.2 Å². The van der Waals surface area contributed by atoms with Crippen LogP contribution < -0.4 is 9.64 Å². The van der Waals surface area contributed by atoms with Gasteiger partial charge < -0.3 is 9.47 Å². The average molecular weight is 399 g/mol.